The maximum Gasteiger partial charge on any atom is 0.475 e. The maximum atomic E-state index is 13.0. The van der Waals surface area contributed by atoms with E-state index in [-0.39, 0.29) is 30.6 Å². The number of rotatable bonds is 14. The molecular formula is C21H38BN5O6. The number of ketones is 1. The fraction of sp³-hybridized carbons (Fsp3) is 0.857. The lowest BCUT2D eigenvalue weighted by Crippen LogP contribution is -2.49. The number of Topliss-reactive ketones (excluding diaryl/α,β-unsaturated/α-hetero) is 1. The summed E-state index contributed by atoms with van der Waals surface area (Å²) in [6.07, 6.45) is 6.45. The van der Waals surface area contributed by atoms with Gasteiger partial charge in [0, 0.05) is 25.3 Å². The van der Waals surface area contributed by atoms with Crippen LogP contribution in [0.1, 0.15) is 71.6 Å². The number of carbonyl (C=O) groups excluding carboxylic acids is 2. The SMILES string of the molecule is CC(C)C[C@H](NC(=O)[C@H](CCCN=C(N)N[N+](=O)[O-])CC(=O)CC1CC2CCC1C2)B(O)O. The first-order valence-electron chi connectivity index (χ1n) is 11.9. The molecule has 0 aromatic heterocycles. The lowest BCUT2D eigenvalue weighted by atomic mass is 9.74. The monoisotopic (exact) mass is 467 g/mol. The first-order valence-corrected chi connectivity index (χ1v) is 11.9. The summed E-state index contributed by atoms with van der Waals surface area (Å²) in [4.78, 5) is 40.0. The van der Waals surface area contributed by atoms with Gasteiger partial charge in [-0.1, -0.05) is 25.7 Å². The van der Waals surface area contributed by atoms with Gasteiger partial charge in [-0.2, -0.15) is 0 Å². The van der Waals surface area contributed by atoms with Crippen molar-refractivity contribution in [2.24, 2.45) is 40.3 Å². The average Bonchev–Trinajstić information content (AvgIpc) is 3.31. The second kappa shape index (κ2) is 12.9. The van der Waals surface area contributed by atoms with Crippen molar-refractivity contribution >= 4 is 24.8 Å². The highest BCUT2D eigenvalue weighted by Gasteiger charge is 2.40. The molecule has 12 heteroatoms. The van der Waals surface area contributed by atoms with E-state index in [1.807, 2.05) is 13.8 Å². The standard InChI is InChI=1S/C21H38BN5O6/c1-13(2)8-19(22(30)31)25-20(29)16(4-3-7-24-21(23)26-27(32)33)11-18(28)12-17-10-14-5-6-15(17)9-14/h13-17,19,30-31H,3-12H2,1-2H3,(H,25,29)(H3,23,24,26)/t14?,15?,16-,17?,19+/m1/s1. The van der Waals surface area contributed by atoms with Gasteiger partial charge < -0.3 is 21.1 Å². The van der Waals surface area contributed by atoms with Gasteiger partial charge in [0.05, 0.1) is 5.94 Å². The Bertz CT molecular complexity index is 719. The maximum absolute atomic E-state index is 13.0. The molecule has 11 nitrogen and oxygen atoms in total. The number of aliphatic imine (C=N–C) groups is 1. The molecule has 0 saturated heterocycles. The molecule has 0 aliphatic heterocycles. The van der Waals surface area contributed by atoms with Crippen LogP contribution in [0, 0.1) is 39.7 Å². The van der Waals surface area contributed by atoms with E-state index in [2.05, 4.69) is 10.3 Å². The number of nitrogens with one attached hydrogen (secondary N) is 2. The molecule has 2 rings (SSSR count). The van der Waals surface area contributed by atoms with E-state index in [0.717, 1.165) is 12.3 Å². The van der Waals surface area contributed by atoms with Crippen LogP contribution in [0.4, 0.5) is 0 Å². The van der Waals surface area contributed by atoms with Gasteiger partial charge in [0.25, 0.3) is 5.96 Å². The van der Waals surface area contributed by atoms with Crippen molar-refractivity contribution in [3.05, 3.63) is 10.1 Å². The number of amides is 1. The van der Waals surface area contributed by atoms with Gasteiger partial charge in [-0.05, 0) is 62.2 Å². The van der Waals surface area contributed by atoms with Crippen molar-refractivity contribution in [1.82, 2.24) is 10.7 Å². The van der Waals surface area contributed by atoms with Crippen molar-refractivity contribution in [2.75, 3.05) is 6.54 Å². The Morgan fingerprint density at radius 1 is 1.27 bits per heavy atom. The van der Waals surface area contributed by atoms with Crippen LogP contribution >= 0.6 is 0 Å². The summed E-state index contributed by atoms with van der Waals surface area (Å²) in [7, 11) is -1.70. The lowest BCUT2D eigenvalue weighted by molar-refractivity contribution is -0.525. The van der Waals surface area contributed by atoms with Gasteiger partial charge in [-0.3, -0.25) is 9.59 Å². The summed E-state index contributed by atoms with van der Waals surface area (Å²) in [6.45, 7) is 3.99. The van der Waals surface area contributed by atoms with Gasteiger partial charge in [0.15, 0.2) is 5.03 Å². The normalized spacial score (nSPS) is 23.9. The third-order valence-electron chi connectivity index (χ3n) is 6.83. The molecule has 0 spiro atoms. The summed E-state index contributed by atoms with van der Waals surface area (Å²) >= 11 is 0. The molecule has 2 fully saturated rings. The first kappa shape index (κ1) is 27.0. The van der Waals surface area contributed by atoms with Crippen molar-refractivity contribution in [3.8, 4) is 0 Å². The van der Waals surface area contributed by atoms with E-state index in [4.69, 9.17) is 5.73 Å². The molecule has 2 saturated carbocycles. The fourth-order valence-electron chi connectivity index (χ4n) is 5.33. The number of hydrogen-bond donors (Lipinski definition) is 5. The molecule has 1 amide bonds. The Hall–Kier alpha value is -2.21. The van der Waals surface area contributed by atoms with Crippen molar-refractivity contribution < 1.29 is 24.7 Å². The molecule has 2 aliphatic carbocycles. The molecule has 2 bridgehead atoms. The van der Waals surface area contributed by atoms with Crippen LogP contribution in [0.2, 0.25) is 0 Å². The van der Waals surface area contributed by atoms with E-state index in [0.29, 0.717) is 37.5 Å². The highest BCUT2D eigenvalue weighted by atomic mass is 16.7. The molecule has 186 valence electrons. The molecule has 2 aliphatic rings. The molecule has 6 N–H and O–H groups in total. The van der Waals surface area contributed by atoms with Crippen molar-refractivity contribution in [2.45, 2.75) is 77.6 Å². The second-order valence-corrected chi connectivity index (χ2v) is 10.0. The van der Waals surface area contributed by atoms with Crippen LogP contribution in [-0.4, -0.2) is 52.3 Å². The van der Waals surface area contributed by atoms with Crippen LogP contribution in [0.5, 0.6) is 0 Å². The number of nitrogens with two attached hydrogens (primary N) is 1. The average molecular weight is 467 g/mol. The zero-order chi connectivity index (χ0) is 24.5. The summed E-state index contributed by atoms with van der Waals surface area (Å²) in [6, 6.07) is 0. The summed E-state index contributed by atoms with van der Waals surface area (Å²) in [5.74, 6) is -0.210. The third-order valence-corrected chi connectivity index (χ3v) is 6.83. The Morgan fingerprint density at radius 3 is 2.55 bits per heavy atom. The molecule has 3 unspecified atom stereocenters. The van der Waals surface area contributed by atoms with Gasteiger partial charge in [-0.25, -0.2) is 15.1 Å². The van der Waals surface area contributed by atoms with Crippen LogP contribution in [0.25, 0.3) is 0 Å². The summed E-state index contributed by atoms with van der Waals surface area (Å²) < 4.78 is 0. The Balaban J connectivity index is 1.95. The van der Waals surface area contributed by atoms with Crippen LogP contribution in [-0.2, 0) is 9.59 Å². The van der Waals surface area contributed by atoms with Gasteiger partial charge in [0.1, 0.15) is 5.78 Å². The number of hydrogen-bond acceptors (Lipinski definition) is 7. The summed E-state index contributed by atoms with van der Waals surface area (Å²) in [5.41, 5.74) is 7.16. The van der Waals surface area contributed by atoms with E-state index in [9.17, 15) is 29.8 Å². The molecule has 0 heterocycles. The number of guanidine groups is 1. The topological polar surface area (TPSA) is 180 Å². The van der Waals surface area contributed by atoms with E-state index < -0.39 is 29.9 Å². The van der Waals surface area contributed by atoms with Crippen molar-refractivity contribution in [3.63, 3.8) is 0 Å². The minimum absolute atomic E-state index is 0.0516. The lowest BCUT2D eigenvalue weighted by Gasteiger charge is -2.24. The van der Waals surface area contributed by atoms with Crippen LogP contribution < -0.4 is 16.5 Å². The molecule has 33 heavy (non-hydrogen) atoms. The number of carbonyl (C=O) groups is 2. The largest absolute Gasteiger partial charge is 0.475 e. The van der Waals surface area contributed by atoms with E-state index >= 15 is 0 Å². The molecule has 5 atom stereocenters. The number of hydrazine groups is 1. The van der Waals surface area contributed by atoms with Crippen LogP contribution in [0.3, 0.4) is 0 Å². The van der Waals surface area contributed by atoms with E-state index in [1.54, 1.807) is 5.43 Å². The molecule has 0 radical (unpaired) electrons. The molecule has 0 aromatic rings. The van der Waals surface area contributed by atoms with E-state index in [1.165, 1.54) is 19.3 Å². The zero-order valence-electron chi connectivity index (χ0n) is 19.6. The highest BCUT2D eigenvalue weighted by Crippen LogP contribution is 2.49. The second-order valence-electron chi connectivity index (χ2n) is 10.0. The quantitative estimate of drug-likeness (QED) is 0.0621. The Labute approximate surface area is 195 Å². The first-order chi connectivity index (χ1) is 15.5. The predicted octanol–water partition coefficient (Wildman–Crippen LogP) is 0.807. The fourth-order valence-corrected chi connectivity index (χ4v) is 5.33. The van der Waals surface area contributed by atoms with Gasteiger partial charge in [-0.15, -0.1) is 0 Å². The summed E-state index contributed by atoms with van der Waals surface area (Å²) in [5, 5.41) is 31.6. The number of nitro groups is 1. The highest BCUT2D eigenvalue weighted by molar-refractivity contribution is 6.43. The van der Waals surface area contributed by atoms with Gasteiger partial charge in [0.2, 0.25) is 5.91 Å². The number of fused-ring (bicyclic) bond motifs is 2. The Kier molecular flexibility index (Phi) is 10.6. The smallest absolute Gasteiger partial charge is 0.426 e. The van der Waals surface area contributed by atoms with Crippen LogP contribution in [0.15, 0.2) is 4.99 Å². The minimum Gasteiger partial charge on any atom is -0.426 e. The molecule has 0 aromatic carbocycles. The Morgan fingerprint density at radius 2 is 2.00 bits per heavy atom. The van der Waals surface area contributed by atoms with Crippen molar-refractivity contribution in [1.29, 1.82) is 0 Å². The third kappa shape index (κ3) is 9.28. The predicted molar refractivity (Wildman–Crippen MR) is 124 cm³/mol. The minimum atomic E-state index is -1.70. The number of nitrogens with zero attached hydrogens (tertiary/aromatic N) is 2. The van der Waals surface area contributed by atoms with Gasteiger partial charge >= 0.3 is 7.12 Å². The zero-order valence-corrected chi connectivity index (χ0v) is 19.6. The molecular weight excluding hydrogens is 429 g/mol.